The molecule has 3 aliphatic carbocycles. The number of nitrogens with zero attached hydrogens (tertiary/aromatic N) is 1. The number of fused-ring (bicyclic) bond motifs is 5. The number of carbonyl (C=O) groups is 2. The molecule has 7 atom stereocenters. The van der Waals surface area contributed by atoms with Crippen molar-refractivity contribution in [3.05, 3.63) is 36.2 Å². The number of aromatic amines is 1. The molecular weight excluding hydrogens is 348 g/mol. The number of ketones is 1. The van der Waals surface area contributed by atoms with E-state index >= 15 is 0 Å². The third-order valence-corrected chi connectivity index (χ3v) is 9.31. The average Bonchev–Trinajstić information content (AvgIpc) is 3.32. The summed E-state index contributed by atoms with van der Waals surface area (Å²) in [6.45, 7) is 4.78. The van der Waals surface area contributed by atoms with Gasteiger partial charge in [0.15, 0.2) is 5.78 Å². The molecule has 28 heavy (non-hydrogen) atoms. The Morgan fingerprint density at radius 2 is 1.96 bits per heavy atom. The SMILES string of the molecule is CN1C(=O)C=C[C@@]2(C)C1CC[C@H]1[C@@H]3CC[C@H](C(=O)c4ccc[nH]4)[C@@]3(C)CC[C@@H]12. The Kier molecular flexibility index (Phi) is 3.95. The zero-order chi connectivity index (χ0) is 19.7. The first-order valence-electron chi connectivity index (χ1n) is 11.0. The van der Waals surface area contributed by atoms with Crippen LogP contribution in [0.2, 0.25) is 0 Å². The quantitative estimate of drug-likeness (QED) is 0.771. The Labute approximate surface area is 167 Å². The molecule has 4 heteroatoms. The van der Waals surface area contributed by atoms with Crippen LogP contribution in [0.5, 0.6) is 0 Å². The van der Waals surface area contributed by atoms with E-state index < -0.39 is 0 Å². The molecule has 0 saturated heterocycles. The van der Waals surface area contributed by atoms with Gasteiger partial charge in [-0.1, -0.05) is 19.9 Å². The largest absolute Gasteiger partial charge is 0.359 e. The molecule has 0 bridgehead atoms. The highest BCUT2D eigenvalue weighted by atomic mass is 16.2. The second kappa shape index (κ2) is 6.08. The lowest BCUT2D eigenvalue weighted by atomic mass is 9.47. The van der Waals surface area contributed by atoms with Crippen molar-refractivity contribution in [2.24, 2.45) is 34.5 Å². The van der Waals surface area contributed by atoms with Gasteiger partial charge in [0, 0.05) is 30.6 Å². The van der Waals surface area contributed by atoms with Crippen molar-refractivity contribution in [2.45, 2.75) is 58.4 Å². The molecule has 4 nitrogen and oxygen atoms in total. The maximum Gasteiger partial charge on any atom is 0.246 e. The number of Topliss-reactive ketones (excluding diaryl/α,β-unsaturated/α-hetero) is 1. The van der Waals surface area contributed by atoms with Gasteiger partial charge in [0.1, 0.15) is 0 Å². The van der Waals surface area contributed by atoms with Crippen molar-refractivity contribution >= 4 is 11.7 Å². The lowest BCUT2D eigenvalue weighted by molar-refractivity contribution is -0.138. The zero-order valence-corrected chi connectivity index (χ0v) is 17.3. The Hall–Kier alpha value is -1.84. The number of nitrogens with one attached hydrogen (secondary N) is 1. The monoisotopic (exact) mass is 380 g/mol. The van der Waals surface area contributed by atoms with Crippen LogP contribution in [-0.4, -0.2) is 34.7 Å². The standard InChI is InChI=1S/C24H32N2O2/c1-23-12-10-17-15(6-9-20-24(17,2)13-11-21(27)26(20)3)16(23)7-8-18(23)22(28)19-5-4-14-25-19/h4-5,11,13-18,20,25H,6-10,12H2,1-3H3/t15-,16-,17-,18+,20?,23-,24+/m0/s1. The molecule has 0 radical (unpaired) electrons. The molecule has 2 heterocycles. The maximum absolute atomic E-state index is 13.2. The fraction of sp³-hybridized carbons (Fsp3) is 0.667. The molecule has 1 aromatic rings. The second-order valence-corrected chi connectivity index (χ2v) is 10.2. The van der Waals surface area contributed by atoms with Gasteiger partial charge in [-0.05, 0) is 79.9 Å². The summed E-state index contributed by atoms with van der Waals surface area (Å²) >= 11 is 0. The van der Waals surface area contributed by atoms with E-state index in [9.17, 15) is 9.59 Å². The summed E-state index contributed by atoms with van der Waals surface area (Å²) < 4.78 is 0. The van der Waals surface area contributed by atoms with E-state index in [0.717, 1.165) is 25.0 Å². The van der Waals surface area contributed by atoms with E-state index in [4.69, 9.17) is 0 Å². The van der Waals surface area contributed by atoms with Gasteiger partial charge >= 0.3 is 0 Å². The van der Waals surface area contributed by atoms with Gasteiger partial charge in [0.25, 0.3) is 0 Å². The molecule has 3 saturated carbocycles. The van der Waals surface area contributed by atoms with Crippen LogP contribution in [-0.2, 0) is 4.79 Å². The Balaban J connectivity index is 1.45. The predicted octanol–water partition coefficient (Wildman–Crippen LogP) is 4.45. The minimum Gasteiger partial charge on any atom is -0.359 e. The van der Waals surface area contributed by atoms with Gasteiger partial charge in [-0.15, -0.1) is 0 Å². The lowest BCUT2D eigenvalue weighted by Crippen LogP contribution is -2.59. The maximum atomic E-state index is 13.2. The number of aromatic nitrogens is 1. The molecule has 4 aliphatic rings. The van der Waals surface area contributed by atoms with Crippen LogP contribution in [0.3, 0.4) is 0 Å². The number of hydrogen-bond donors (Lipinski definition) is 1. The smallest absolute Gasteiger partial charge is 0.246 e. The first-order valence-corrected chi connectivity index (χ1v) is 11.0. The summed E-state index contributed by atoms with van der Waals surface area (Å²) in [7, 11) is 1.97. The number of likely N-dealkylation sites (N-methyl/N-ethyl adjacent to an activating group) is 1. The molecule has 0 aromatic carbocycles. The number of carbonyl (C=O) groups excluding carboxylic acids is 2. The van der Waals surface area contributed by atoms with Crippen LogP contribution in [0, 0.1) is 34.5 Å². The minimum atomic E-state index is 0.0778. The summed E-state index contributed by atoms with van der Waals surface area (Å²) in [5, 5.41) is 0. The van der Waals surface area contributed by atoms with Crippen molar-refractivity contribution in [2.75, 3.05) is 7.05 Å². The number of rotatable bonds is 2. The first-order chi connectivity index (χ1) is 13.4. The van der Waals surface area contributed by atoms with Crippen LogP contribution < -0.4 is 0 Å². The van der Waals surface area contributed by atoms with Gasteiger partial charge in [-0.3, -0.25) is 9.59 Å². The van der Waals surface area contributed by atoms with E-state index in [2.05, 4.69) is 24.9 Å². The van der Waals surface area contributed by atoms with E-state index in [1.807, 2.05) is 30.3 Å². The number of H-pyrrole nitrogens is 1. The number of hydrogen-bond acceptors (Lipinski definition) is 2. The van der Waals surface area contributed by atoms with Crippen LogP contribution in [0.4, 0.5) is 0 Å². The summed E-state index contributed by atoms with van der Waals surface area (Å²) in [5.74, 6) is 2.54. The molecule has 3 fully saturated rings. The van der Waals surface area contributed by atoms with Crippen LogP contribution in [0.1, 0.15) is 62.9 Å². The lowest BCUT2D eigenvalue weighted by Gasteiger charge is -2.60. The average molecular weight is 381 g/mol. The summed E-state index contributed by atoms with van der Waals surface area (Å²) in [6, 6.07) is 4.18. The molecular formula is C24H32N2O2. The van der Waals surface area contributed by atoms with Gasteiger partial charge in [-0.25, -0.2) is 0 Å². The Bertz CT molecular complexity index is 828. The molecule has 5 rings (SSSR count). The molecule has 0 spiro atoms. The van der Waals surface area contributed by atoms with E-state index in [0.29, 0.717) is 29.6 Å². The van der Waals surface area contributed by atoms with Crippen molar-refractivity contribution in [1.82, 2.24) is 9.88 Å². The van der Waals surface area contributed by atoms with E-state index in [-0.39, 0.29) is 22.7 Å². The third kappa shape index (κ3) is 2.29. The van der Waals surface area contributed by atoms with Crippen molar-refractivity contribution in [1.29, 1.82) is 0 Å². The third-order valence-electron chi connectivity index (χ3n) is 9.31. The fourth-order valence-corrected chi connectivity index (χ4v) is 7.84. The molecule has 1 aromatic heterocycles. The normalized spacial score (nSPS) is 44.8. The van der Waals surface area contributed by atoms with Gasteiger partial charge < -0.3 is 9.88 Å². The highest BCUT2D eigenvalue weighted by Crippen LogP contribution is 2.65. The number of amides is 1. The molecule has 150 valence electrons. The van der Waals surface area contributed by atoms with Crippen molar-refractivity contribution in [3.8, 4) is 0 Å². The van der Waals surface area contributed by atoms with E-state index in [1.54, 1.807) is 6.08 Å². The van der Waals surface area contributed by atoms with Crippen LogP contribution >= 0.6 is 0 Å². The first kappa shape index (κ1) is 18.2. The summed E-state index contributed by atoms with van der Waals surface area (Å²) in [5.41, 5.74) is 0.973. The second-order valence-electron chi connectivity index (χ2n) is 10.2. The van der Waals surface area contributed by atoms with Gasteiger partial charge in [0.05, 0.1) is 5.69 Å². The molecule has 1 amide bonds. The highest BCUT2D eigenvalue weighted by Gasteiger charge is 2.61. The topological polar surface area (TPSA) is 53.2 Å². The van der Waals surface area contributed by atoms with Crippen LogP contribution in [0.15, 0.2) is 30.5 Å². The van der Waals surface area contributed by atoms with Crippen molar-refractivity contribution in [3.63, 3.8) is 0 Å². The Morgan fingerprint density at radius 3 is 2.71 bits per heavy atom. The molecule has 1 unspecified atom stereocenters. The zero-order valence-electron chi connectivity index (χ0n) is 17.3. The molecule has 1 N–H and O–H groups in total. The summed E-state index contributed by atoms with van der Waals surface area (Å²) in [4.78, 5) is 30.5. The highest BCUT2D eigenvalue weighted by molar-refractivity contribution is 5.97. The Morgan fingerprint density at radius 1 is 1.14 bits per heavy atom. The summed E-state index contributed by atoms with van der Waals surface area (Å²) in [6.07, 6.45) is 12.7. The van der Waals surface area contributed by atoms with E-state index in [1.165, 1.54) is 19.3 Å². The van der Waals surface area contributed by atoms with Crippen molar-refractivity contribution < 1.29 is 9.59 Å². The molecule has 1 aliphatic heterocycles. The predicted molar refractivity (Wildman–Crippen MR) is 109 cm³/mol. The van der Waals surface area contributed by atoms with Crippen LogP contribution in [0.25, 0.3) is 0 Å². The van der Waals surface area contributed by atoms with Gasteiger partial charge in [-0.2, -0.15) is 0 Å². The minimum absolute atomic E-state index is 0.0778. The fourth-order valence-electron chi connectivity index (χ4n) is 7.84. The van der Waals surface area contributed by atoms with Gasteiger partial charge in [0.2, 0.25) is 5.91 Å².